The summed E-state index contributed by atoms with van der Waals surface area (Å²) in [4.78, 5) is 13.6. The fourth-order valence-electron chi connectivity index (χ4n) is 2.15. The molecule has 0 spiro atoms. The van der Waals surface area contributed by atoms with Gasteiger partial charge in [-0.3, -0.25) is 4.79 Å². The van der Waals surface area contributed by atoms with Crippen LogP contribution in [0.3, 0.4) is 0 Å². The quantitative estimate of drug-likeness (QED) is 0.690. The minimum absolute atomic E-state index is 0.144. The maximum atomic E-state index is 11.6. The van der Waals surface area contributed by atoms with Crippen LogP contribution in [-0.2, 0) is 9.53 Å². The van der Waals surface area contributed by atoms with Gasteiger partial charge in [0.15, 0.2) is 0 Å². The maximum Gasteiger partial charge on any atom is 0.248 e. The second kappa shape index (κ2) is 5.35. The van der Waals surface area contributed by atoms with Gasteiger partial charge >= 0.3 is 0 Å². The van der Waals surface area contributed by atoms with E-state index in [1.165, 1.54) is 6.42 Å². The van der Waals surface area contributed by atoms with Crippen LogP contribution in [0.15, 0.2) is 0 Å². The second-order valence-electron chi connectivity index (χ2n) is 4.38. The molecule has 3 nitrogen and oxygen atoms in total. The van der Waals surface area contributed by atoms with Crippen LogP contribution in [0.4, 0.5) is 0 Å². The summed E-state index contributed by atoms with van der Waals surface area (Å²) in [6.45, 7) is 8.98. The smallest absolute Gasteiger partial charge is 0.248 e. The van der Waals surface area contributed by atoms with Crippen molar-refractivity contribution in [3.63, 3.8) is 0 Å². The van der Waals surface area contributed by atoms with Crippen molar-refractivity contribution >= 4 is 5.91 Å². The first-order valence-electron chi connectivity index (χ1n) is 5.49. The van der Waals surface area contributed by atoms with E-state index < -0.39 is 0 Å². The van der Waals surface area contributed by atoms with E-state index >= 15 is 0 Å². The number of piperidine rings is 1. The first-order valence-corrected chi connectivity index (χ1v) is 5.49. The van der Waals surface area contributed by atoms with Gasteiger partial charge in [0, 0.05) is 19.7 Å². The van der Waals surface area contributed by atoms with E-state index in [2.05, 4.69) is 13.8 Å². The van der Waals surface area contributed by atoms with Crippen molar-refractivity contribution < 1.29 is 9.53 Å². The van der Waals surface area contributed by atoms with E-state index in [9.17, 15) is 4.79 Å². The highest BCUT2D eigenvalue weighted by Gasteiger charge is 2.24. The Morgan fingerprint density at radius 2 is 1.93 bits per heavy atom. The molecule has 1 aliphatic rings. The molecule has 0 saturated carbocycles. The van der Waals surface area contributed by atoms with Gasteiger partial charge in [0.05, 0.1) is 0 Å². The molecule has 1 heterocycles. The molecule has 0 aromatic heterocycles. The van der Waals surface area contributed by atoms with E-state index in [-0.39, 0.29) is 12.5 Å². The van der Waals surface area contributed by atoms with Gasteiger partial charge in [-0.05, 0) is 25.2 Å². The van der Waals surface area contributed by atoms with Crippen LogP contribution in [0.1, 0.15) is 27.2 Å². The van der Waals surface area contributed by atoms with Gasteiger partial charge in [-0.2, -0.15) is 0 Å². The van der Waals surface area contributed by atoms with E-state index in [0.717, 1.165) is 13.1 Å². The number of carbonyl (C=O) groups is 1. The van der Waals surface area contributed by atoms with Crippen molar-refractivity contribution in [3.05, 3.63) is 0 Å². The molecule has 1 amide bonds. The zero-order valence-electron chi connectivity index (χ0n) is 9.45. The fraction of sp³-hybridized carbons (Fsp3) is 0.909. The summed E-state index contributed by atoms with van der Waals surface area (Å²) in [7, 11) is 0. The van der Waals surface area contributed by atoms with Gasteiger partial charge < -0.3 is 9.64 Å². The number of rotatable bonds is 3. The van der Waals surface area contributed by atoms with E-state index in [1.54, 1.807) is 0 Å². The molecule has 1 rings (SSSR count). The molecule has 0 aromatic rings. The average Bonchev–Trinajstić information content (AvgIpc) is 2.12. The van der Waals surface area contributed by atoms with Gasteiger partial charge in [-0.1, -0.05) is 13.8 Å². The first kappa shape index (κ1) is 11.5. The summed E-state index contributed by atoms with van der Waals surface area (Å²) in [5, 5.41) is 0. The monoisotopic (exact) mass is 199 g/mol. The third-order valence-electron chi connectivity index (χ3n) is 2.65. The predicted molar refractivity (Wildman–Crippen MR) is 56.0 cm³/mol. The lowest BCUT2D eigenvalue weighted by Gasteiger charge is -2.34. The lowest BCUT2D eigenvalue weighted by Crippen LogP contribution is -2.44. The third kappa shape index (κ3) is 3.29. The molecule has 2 atom stereocenters. The van der Waals surface area contributed by atoms with Crippen molar-refractivity contribution in [3.8, 4) is 0 Å². The van der Waals surface area contributed by atoms with Crippen molar-refractivity contribution in [1.82, 2.24) is 4.90 Å². The minimum atomic E-state index is 0.144. The van der Waals surface area contributed by atoms with Crippen LogP contribution in [-0.4, -0.2) is 37.1 Å². The fourth-order valence-corrected chi connectivity index (χ4v) is 2.15. The van der Waals surface area contributed by atoms with Gasteiger partial charge in [-0.25, -0.2) is 0 Å². The summed E-state index contributed by atoms with van der Waals surface area (Å²) < 4.78 is 5.13. The third-order valence-corrected chi connectivity index (χ3v) is 2.65. The van der Waals surface area contributed by atoms with Crippen LogP contribution in [0, 0.1) is 11.8 Å². The van der Waals surface area contributed by atoms with Crippen molar-refractivity contribution in [2.45, 2.75) is 27.2 Å². The van der Waals surface area contributed by atoms with E-state index in [4.69, 9.17) is 4.74 Å². The highest BCUT2D eigenvalue weighted by Crippen LogP contribution is 2.20. The summed E-state index contributed by atoms with van der Waals surface area (Å²) in [6, 6.07) is 0. The number of nitrogens with zero attached hydrogens (tertiary/aromatic N) is 1. The van der Waals surface area contributed by atoms with Gasteiger partial charge in [0.2, 0.25) is 5.91 Å². The largest absolute Gasteiger partial charge is 0.372 e. The molecule has 82 valence electrons. The predicted octanol–water partition coefficient (Wildman–Crippen LogP) is 1.53. The zero-order valence-corrected chi connectivity index (χ0v) is 9.45. The number of hydrogen-bond donors (Lipinski definition) is 0. The molecule has 0 aromatic carbocycles. The topological polar surface area (TPSA) is 29.5 Å². The Balaban J connectivity index is 2.38. The molecule has 1 aliphatic heterocycles. The average molecular weight is 199 g/mol. The molecule has 0 N–H and O–H groups in total. The van der Waals surface area contributed by atoms with Gasteiger partial charge in [0.1, 0.15) is 6.61 Å². The number of amides is 1. The molecule has 1 fully saturated rings. The van der Waals surface area contributed by atoms with Crippen LogP contribution in [0.5, 0.6) is 0 Å². The van der Waals surface area contributed by atoms with Crippen LogP contribution < -0.4 is 0 Å². The highest BCUT2D eigenvalue weighted by molar-refractivity contribution is 5.77. The van der Waals surface area contributed by atoms with Crippen molar-refractivity contribution in [1.29, 1.82) is 0 Å². The Morgan fingerprint density at radius 3 is 2.43 bits per heavy atom. The summed E-state index contributed by atoms with van der Waals surface area (Å²) in [5.74, 6) is 1.40. The van der Waals surface area contributed by atoms with E-state index in [1.807, 2.05) is 11.8 Å². The van der Waals surface area contributed by atoms with Crippen LogP contribution >= 0.6 is 0 Å². The zero-order chi connectivity index (χ0) is 10.6. The van der Waals surface area contributed by atoms with Crippen molar-refractivity contribution in [2.24, 2.45) is 11.8 Å². The number of carbonyl (C=O) groups excluding carboxylic acids is 1. The molecule has 0 radical (unpaired) electrons. The Hall–Kier alpha value is -0.570. The molecular formula is C11H21NO2. The Labute approximate surface area is 86.4 Å². The first-order chi connectivity index (χ1) is 6.63. The Bertz CT molecular complexity index is 184. The Kier molecular flexibility index (Phi) is 4.39. The maximum absolute atomic E-state index is 11.6. The normalized spacial score (nSPS) is 27.8. The van der Waals surface area contributed by atoms with E-state index in [0.29, 0.717) is 18.4 Å². The number of hydrogen-bond acceptors (Lipinski definition) is 2. The lowest BCUT2D eigenvalue weighted by atomic mass is 9.92. The van der Waals surface area contributed by atoms with Crippen molar-refractivity contribution in [2.75, 3.05) is 26.3 Å². The number of ether oxygens (including phenoxy) is 1. The number of likely N-dealkylation sites (tertiary alicyclic amines) is 1. The molecule has 3 heteroatoms. The molecule has 1 saturated heterocycles. The molecule has 0 aliphatic carbocycles. The standard InChI is InChI=1S/C11H21NO2/c1-4-14-8-11(13)12-6-9(2)5-10(3)7-12/h9-10H,4-8H2,1-3H3/t9-,10-/m0/s1. The second-order valence-corrected chi connectivity index (χ2v) is 4.38. The molecule has 0 bridgehead atoms. The SMILES string of the molecule is CCOCC(=O)N1C[C@@H](C)C[C@H](C)C1. The highest BCUT2D eigenvalue weighted by atomic mass is 16.5. The van der Waals surface area contributed by atoms with Gasteiger partial charge in [0.25, 0.3) is 0 Å². The van der Waals surface area contributed by atoms with Crippen LogP contribution in [0.25, 0.3) is 0 Å². The molecular weight excluding hydrogens is 178 g/mol. The lowest BCUT2D eigenvalue weighted by molar-refractivity contribution is -0.138. The minimum Gasteiger partial charge on any atom is -0.372 e. The summed E-state index contributed by atoms with van der Waals surface area (Å²) in [5.41, 5.74) is 0. The summed E-state index contributed by atoms with van der Waals surface area (Å²) in [6.07, 6.45) is 1.23. The Morgan fingerprint density at radius 1 is 1.36 bits per heavy atom. The van der Waals surface area contributed by atoms with Crippen LogP contribution in [0.2, 0.25) is 0 Å². The molecule has 14 heavy (non-hydrogen) atoms. The summed E-state index contributed by atoms with van der Waals surface area (Å²) >= 11 is 0. The van der Waals surface area contributed by atoms with Gasteiger partial charge in [-0.15, -0.1) is 0 Å². The molecule has 0 unspecified atom stereocenters.